The zero-order valence-electron chi connectivity index (χ0n) is 15.8. The second kappa shape index (κ2) is 7.03. The van der Waals surface area contributed by atoms with Crippen LogP contribution in [0.2, 0.25) is 0 Å². The van der Waals surface area contributed by atoms with Gasteiger partial charge in [-0.1, -0.05) is 19.3 Å². The molecule has 0 amide bonds. The minimum Gasteiger partial charge on any atom is -0.371 e. The Bertz CT molecular complexity index is 1130. The minimum atomic E-state index is 0.451. The van der Waals surface area contributed by atoms with E-state index in [4.69, 9.17) is 4.98 Å². The van der Waals surface area contributed by atoms with Gasteiger partial charge in [-0.3, -0.25) is 4.98 Å². The summed E-state index contributed by atoms with van der Waals surface area (Å²) in [5, 5.41) is 11.4. The monoisotopic (exact) mass is 374 g/mol. The van der Waals surface area contributed by atoms with Crippen LogP contribution in [-0.2, 0) is 0 Å². The molecule has 4 heterocycles. The van der Waals surface area contributed by atoms with E-state index in [-0.39, 0.29) is 0 Å². The number of fused-ring (bicyclic) bond motifs is 2. The third-order valence-electron chi connectivity index (χ3n) is 5.29. The summed E-state index contributed by atoms with van der Waals surface area (Å²) in [7, 11) is 1.88. The lowest BCUT2D eigenvalue weighted by atomic mass is 9.96. The van der Waals surface area contributed by atoms with E-state index >= 15 is 0 Å². The molecule has 1 fully saturated rings. The third-order valence-corrected chi connectivity index (χ3v) is 5.29. The highest BCUT2D eigenvalue weighted by atomic mass is 15.3. The molecule has 8 heteroatoms. The first kappa shape index (κ1) is 16.9. The van der Waals surface area contributed by atoms with E-state index < -0.39 is 0 Å². The van der Waals surface area contributed by atoms with Crippen LogP contribution in [0.5, 0.6) is 0 Å². The van der Waals surface area contributed by atoms with Gasteiger partial charge in [0.25, 0.3) is 0 Å². The molecule has 0 aliphatic heterocycles. The Kier molecular flexibility index (Phi) is 4.23. The Hall–Kier alpha value is -3.29. The molecule has 1 aliphatic rings. The van der Waals surface area contributed by atoms with Gasteiger partial charge < -0.3 is 10.6 Å². The lowest BCUT2D eigenvalue weighted by Gasteiger charge is -2.23. The Morgan fingerprint density at radius 2 is 1.86 bits per heavy atom. The fraction of sp³-hybridized carbons (Fsp3) is 0.350. The average molecular weight is 374 g/mol. The summed E-state index contributed by atoms with van der Waals surface area (Å²) >= 11 is 0. The summed E-state index contributed by atoms with van der Waals surface area (Å²) in [6, 6.07) is 6.36. The van der Waals surface area contributed by atoms with Gasteiger partial charge in [-0.25, -0.2) is 14.5 Å². The van der Waals surface area contributed by atoms with Crippen molar-refractivity contribution in [2.24, 2.45) is 0 Å². The van der Waals surface area contributed by atoms with E-state index in [2.05, 4.69) is 30.7 Å². The summed E-state index contributed by atoms with van der Waals surface area (Å²) < 4.78 is 1.86. The number of pyridine rings is 1. The number of nitrogens with one attached hydrogen (secondary N) is 2. The molecule has 1 aliphatic carbocycles. The van der Waals surface area contributed by atoms with Gasteiger partial charge in [0, 0.05) is 37.2 Å². The number of anilines is 2. The van der Waals surface area contributed by atoms with Gasteiger partial charge in [-0.2, -0.15) is 4.98 Å². The van der Waals surface area contributed by atoms with Crippen LogP contribution in [0.4, 0.5) is 11.8 Å². The molecule has 0 aromatic carbocycles. The molecule has 8 nitrogen and oxygen atoms in total. The SMILES string of the molecule is CNc1nc(NC2CCCCC2)nn2ccc(-c3ccc4nccnc4n3)c12. The summed E-state index contributed by atoms with van der Waals surface area (Å²) in [5.74, 6) is 1.43. The standard InChI is InChI=1S/C20H22N8/c1-21-19-17-14(15-7-8-16-18(25-15)23-11-10-22-16)9-12-28(17)27-20(26-19)24-13-5-3-2-4-6-13/h7-13H,2-6H2,1H3,(H2,21,24,26,27). The summed E-state index contributed by atoms with van der Waals surface area (Å²) in [6.45, 7) is 0. The zero-order valence-corrected chi connectivity index (χ0v) is 15.8. The summed E-state index contributed by atoms with van der Waals surface area (Å²) in [4.78, 5) is 18.0. The summed E-state index contributed by atoms with van der Waals surface area (Å²) in [6.07, 6.45) is 11.5. The molecule has 0 saturated heterocycles. The highest BCUT2D eigenvalue weighted by Gasteiger charge is 2.18. The van der Waals surface area contributed by atoms with Crippen LogP contribution in [0.15, 0.2) is 36.8 Å². The Morgan fingerprint density at radius 3 is 2.71 bits per heavy atom. The largest absolute Gasteiger partial charge is 0.371 e. The first-order valence-corrected chi connectivity index (χ1v) is 9.73. The van der Waals surface area contributed by atoms with Gasteiger partial charge in [-0.05, 0) is 31.0 Å². The fourth-order valence-corrected chi connectivity index (χ4v) is 3.90. The first-order valence-electron chi connectivity index (χ1n) is 9.73. The molecule has 0 unspecified atom stereocenters. The number of aromatic nitrogens is 6. The highest BCUT2D eigenvalue weighted by Crippen LogP contribution is 2.30. The zero-order chi connectivity index (χ0) is 18.9. The van der Waals surface area contributed by atoms with Gasteiger partial charge in [0.05, 0.1) is 5.69 Å². The average Bonchev–Trinajstić information content (AvgIpc) is 3.17. The van der Waals surface area contributed by atoms with Crippen molar-refractivity contribution in [2.45, 2.75) is 38.1 Å². The van der Waals surface area contributed by atoms with Crippen molar-refractivity contribution in [3.05, 3.63) is 36.8 Å². The molecule has 142 valence electrons. The maximum Gasteiger partial charge on any atom is 0.243 e. The van der Waals surface area contributed by atoms with Crippen molar-refractivity contribution in [1.82, 2.24) is 29.5 Å². The van der Waals surface area contributed by atoms with E-state index in [9.17, 15) is 0 Å². The molecule has 5 rings (SSSR count). The van der Waals surface area contributed by atoms with Gasteiger partial charge in [-0.15, -0.1) is 5.10 Å². The van der Waals surface area contributed by atoms with Crippen LogP contribution in [-0.4, -0.2) is 42.6 Å². The third kappa shape index (κ3) is 3.00. The Labute approximate surface area is 162 Å². The maximum absolute atomic E-state index is 4.72. The van der Waals surface area contributed by atoms with Crippen molar-refractivity contribution < 1.29 is 0 Å². The van der Waals surface area contributed by atoms with Crippen molar-refractivity contribution in [3.8, 4) is 11.3 Å². The van der Waals surface area contributed by atoms with E-state index in [0.29, 0.717) is 17.6 Å². The predicted octanol–water partition coefficient (Wildman–Crippen LogP) is 3.52. The highest BCUT2D eigenvalue weighted by molar-refractivity contribution is 5.89. The van der Waals surface area contributed by atoms with E-state index in [1.54, 1.807) is 12.4 Å². The van der Waals surface area contributed by atoms with Crippen LogP contribution in [0.25, 0.3) is 27.9 Å². The molecular formula is C20H22N8. The van der Waals surface area contributed by atoms with Crippen LogP contribution < -0.4 is 10.6 Å². The van der Waals surface area contributed by atoms with Gasteiger partial charge >= 0.3 is 0 Å². The van der Waals surface area contributed by atoms with Crippen molar-refractivity contribution in [2.75, 3.05) is 17.7 Å². The quantitative estimate of drug-likeness (QED) is 0.564. The molecule has 0 bridgehead atoms. The Morgan fingerprint density at radius 1 is 1.00 bits per heavy atom. The molecule has 0 spiro atoms. The smallest absolute Gasteiger partial charge is 0.243 e. The number of rotatable bonds is 4. The molecule has 4 aromatic heterocycles. The van der Waals surface area contributed by atoms with E-state index in [1.165, 1.54) is 32.1 Å². The van der Waals surface area contributed by atoms with Crippen LogP contribution in [0.1, 0.15) is 32.1 Å². The second-order valence-electron chi connectivity index (χ2n) is 7.13. The molecule has 28 heavy (non-hydrogen) atoms. The number of hydrogen-bond acceptors (Lipinski definition) is 7. The lowest BCUT2D eigenvalue weighted by Crippen LogP contribution is -2.24. The van der Waals surface area contributed by atoms with Crippen LogP contribution >= 0.6 is 0 Å². The van der Waals surface area contributed by atoms with Gasteiger partial charge in [0.15, 0.2) is 11.5 Å². The van der Waals surface area contributed by atoms with Crippen molar-refractivity contribution in [3.63, 3.8) is 0 Å². The van der Waals surface area contributed by atoms with Gasteiger partial charge in [0.2, 0.25) is 5.95 Å². The molecule has 0 atom stereocenters. The van der Waals surface area contributed by atoms with E-state index in [0.717, 1.165) is 28.1 Å². The van der Waals surface area contributed by atoms with Crippen molar-refractivity contribution >= 4 is 28.4 Å². The lowest BCUT2D eigenvalue weighted by molar-refractivity contribution is 0.460. The maximum atomic E-state index is 4.72. The number of nitrogens with zero attached hydrogens (tertiary/aromatic N) is 6. The normalized spacial score (nSPS) is 15.2. The molecule has 1 saturated carbocycles. The number of hydrogen-bond donors (Lipinski definition) is 2. The topological polar surface area (TPSA) is 92.9 Å². The molecular weight excluding hydrogens is 352 g/mol. The molecule has 4 aromatic rings. The Balaban J connectivity index is 1.56. The fourth-order valence-electron chi connectivity index (χ4n) is 3.90. The van der Waals surface area contributed by atoms with Crippen LogP contribution in [0, 0.1) is 0 Å². The predicted molar refractivity (Wildman–Crippen MR) is 109 cm³/mol. The molecule has 0 radical (unpaired) electrons. The summed E-state index contributed by atoms with van der Waals surface area (Å²) in [5.41, 5.74) is 4.08. The molecule has 2 N–H and O–H groups in total. The second-order valence-corrected chi connectivity index (χ2v) is 7.13. The van der Waals surface area contributed by atoms with Gasteiger partial charge in [0.1, 0.15) is 11.0 Å². The van der Waals surface area contributed by atoms with E-state index in [1.807, 2.05) is 36.0 Å². The van der Waals surface area contributed by atoms with Crippen molar-refractivity contribution in [1.29, 1.82) is 0 Å². The van der Waals surface area contributed by atoms with Crippen LogP contribution in [0.3, 0.4) is 0 Å². The minimum absolute atomic E-state index is 0.451. The first-order chi connectivity index (χ1) is 13.8.